The maximum Gasteiger partial charge on any atom is 0.389 e. The Balaban J connectivity index is 2.26. The number of rotatable bonds is 4. The lowest BCUT2D eigenvalue weighted by molar-refractivity contribution is -0.136. The average molecular weight is 207 g/mol. The molecule has 0 saturated carbocycles. The molecule has 1 rings (SSSR count). The summed E-state index contributed by atoms with van der Waals surface area (Å²) in [5.74, 6) is 0.625. The van der Waals surface area contributed by atoms with E-state index in [-0.39, 0.29) is 6.42 Å². The highest BCUT2D eigenvalue weighted by Gasteiger charge is 2.27. The van der Waals surface area contributed by atoms with Crippen LogP contribution >= 0.6 is 0 Å². The Bertz CT molecular complexity index is 256. The number of furan rings is 1. The molecular weight excluding hydrogens is 195 g/mol. The molecule has 0 fully saturated rings. The molecule has 0 saturated heterocycles. The summed E-state index contributed by atoms with van der Waals surface area (Å²) in [5, 5.41) is 0. The van der Waals surface area contributed by atoms with Gasteiger partial charge in [0, 0.05) is 18.9 Å². The largest absolute Gasteiger partial charge is 0.469 e. The molecule has 0 amide bonds. The Labute approximate surface area is 79.9 Å². The van der Waals surface area contributed by atoms with E-state index in [2.05, 4.69) is 0 Å². The molecule has 1 atom stereocenters. The van der Waals surface area contributed by atoms with Gasteiger partial charge in [0.1, 0.15) is 5.76 Å². The van der Waals surface area contributed by atoms with Crippen LogP contribution < -0.4 is 5.73 Å². The normalized spacial score (nSPS) is 14.3. The van der Waals surface area contributed by atoms with Gasteiger partial charge in [-0.2, -0.15) is 13.2 Å². The maximum absolute atomic E-state index is 11.8. The van der Waals surface area contributed by atoms with E-state index in [1.807, 2.05) is 0 Å². The summed E-state index contributed by atoms with van der Waals surface area (Å²) < 4.78 is 40.4. The van der Waals surface area contributed by atoms with Crippen LogP contribution in [0.4, 0.5) is 13.2 Å². The molecule has 2 N–H and O–H groups in total. The first-order valence-corrected chi connectivity index (χ1v) is 4.32. The zero-order valence-electron chi connectivity index (χ0n) is 7.55. The van der Waals surface area contributed by atoms with Crippen LogP contribution in [0.2, 0.25) is 0 Å². The predicted molar refractivity (Wildman–Crippen MR) is 45.7 cm³/mol. The van der Waals surface area contributed by atoms with Crippen LogP contribution in [0.5, 0.6) is 0 Å². The molecule has 5 heteroatoms. The minimum absolute atomic E-state index is 0.0653. The summed E-state index contributed by atoms with van der Waals surface area (Å²) in [7, 11) is 0. The van der Waals surface area contributed by atoms with Crippen molar-refractivity contribution in [3.8, 4) is 0 Å². The fourth-order valence-electron chi connectivity index (χ4n) is 1.14. The predicted octanol–water partition coefficient (Wildman–Crippen LogP) is 2.49. The smallest absolute Gasteiger partial charge is 0.389 e. The molecule has 1 unspecified atom stereocenters. The number of alkyl halides is 3. The number of nitrogens with two attached hydrogens (primary N) is 1. The highest BCUT2D eigenvalue weighted by Crippen LogP contribution is 2.22. The van der Waals surface area contributed by atoms with E-state index >= 15 is 0 Å². The Kier molecular flexibility index (Phi) is 3.57. The Morgan fingerprint density at radius 3 is 2.64 bits per heavy atom. The van der Waals surface area contributed by atoms with Gasteiger partial charge in [0.15, 0.2) is 0 Å². The van der Waals surface area contributed by atoms with Gasteiger partial charge in [-0.3, -0.25) is 0 Å². The summed E-state index contributed by atoms with van der Waals surface area (Å²) in [6, 6.07) is 2.89. The van der Waals surface area contributed by atoms with Crippen LogP contribution in [0.1, 0.15) is 18.6 Å². The van der Waals surface area contributed by atoms with Crippen molar-refractivity contribution < 1.29 is 17.6 Å². The van der Waals surface area contributed by atoms with Gasteiger partial charge < -0.3 is 10.2 Å². The Morgan fingerprint density at radius 1 is 1.43 bits per heavy atom. The van der Waals surface area contributed by atoms with E-state index < -0.39 is 18.6 Å². The standard InChI is InChI=1S/C9H12F3NO/c10-9(11,12)4-3-7(13)6-8-2-1-5-14-8/h1-2,5,7H,3-4,6,13H2. The molecule has 0 radical (unpaired) electrons. The van der Waals surface area contributed by atoms with E-state index in [9.17, 15) is 13.2 Å². The second kappa shape index (κ2) is 4.50. The van der Waals surface area contributed by atoms with Crippen LogP contribution in [-0.4, -0.2) is 12.2 Å². The summed E-state index contributed by atoms with van der Waals surface area (Å²) >= 11 is 0. The zero-order chi connectivity index (χ0) is 10.6. The highest BCUT2D eigenvalue weighted by molar-refractivity contribution is 5.00. The molecule has 0 aliphatic carbocycles. The van der Waals surface area contributed by atoms with Gasteiger partial charge in [0.25, 0.3) is 0 Å². The lowest BCUT2D eigenvalue weighted by atomic mass is 10.1. The molecule has 0 aliphatic heterocycles. The van der Waals surface area contributed by atoms with Crippen molar-refractivity contribution in [2.45, 2.75) is 31.5 Å². The van der Waals surface area contributed by atoms with Gasteiger partial charge in [0.2, 0.25) is 0 Å². The first-order chi connectivity index (χ1) is 6.47. The van der Waals surface area contributed by atoms with Gasteiger partial charge in [-0.1, -0.05) is 0 Å². The third-order valence-corrected chi connectivity index (χ3v) is 1.84. The molecule has 1 aromatic heterocycles. The van der Waals surface area contributed by atoms with E-state index in [0.717, 1.165) is 0 Å². The molecule has 80 valence electrons. The van der Waals surface area contributed by atoms with E-state index in [1.54, 1.807) is 12.1 Å². The third kappa shape index (κ3) is 4.32. The van der Waals surface area contributed by atoms with Crippen LogP contribution in [-0.2, 0) is 6.42 Å². The second-order valence-corrected chi connectivity index (χ2v) is 3.20. The summed E-state index contributed by atoms with van der Waals surface area (Å²) in [6.45, 7) is 0. The summed E-state index contributed by atoms with van der Waals surface area (Å²) in [4.78, 5) is 0. The molecule has 2 nitrogen and oxygen atoms in total. The zero-order valence-corrected chi connectivity index (χ0v) is 7.55. The molecule has 1 heterocycles. The van der Waals surface area contributed by atoms with Crippen molar-refractivity contribution in [2.75, 3.05) is 0 Å². The molecule has 0 aliphatic rings. The highest BCUT2D eigenvalue weighted by atomic mass is 19.4. The van der Waals surface area contributed by atoms with Crippen LogP contribution in [0, 0.1) is 0 Å². The third-order valence-electron chi connectivity index (χ3n) is 1.84. The summed E-state index contributed by atoms with van der Waals surface area (Å²) in [5.41, 5.74) is 5.51. The van der Waals surface area contributed by atoms with Gasteiger partial charge in [-0.25, -0.2) is 0 Å². The molecule has 0 spiro atoms. The first-order valence-electron chi connectivity index (χ1n) is 4.32. The minimum Gasteiger partial charge on any atom is -0.469 e. The van der Waals surface area contributed by atoms with E-state index in [1.165, 1.54) is 6.26 Å². The van der Waals surface area contributed by atoms with Crippen molar-refractivity contribution in [3.05, 3.63) is 24.2 Å². The van der Waals surface area contributed by atoms with E-state index in [0.29, 0.717) is 12.2 Å². The number of hydrogen-bond donors (Lipinski definition) is 1. The topological polar surface area (TPSA) is 39.2 Å². The quantitative estimate of drug-likeness (QED) is 0.823. The molecule has 0 bridgehead atoms. The Morgan fingerprint density at radius 2 is 2.14 bits per heavy atom. The lowest BCUT2D eigenvalue weighted by Gasteiger charge is -2.11. The molecule has 1 aromatic rings. The van der Waals surface area contributed by atoms with Gasteiger partial charge in [-0.15, -0.1) is 0 Å². The van der Waals surface area contributed by atoms with Crippen molar-refractivity contribution in [2.24, 2.45) is 5.73 Å². The second-order valence-electron chi connectivity index (χ2n) is 3.20. The first kappa shape index (κ1) is 11.1. The van der Waals surface area contributed by atoms with Gasteiger partial charge >= 0.3 is 6.18 Å². The van der Waals surface area contributed by atoms with Crippen molar-refractivity contribution in [1.82, 2.24) is 0 Å². The van der Waals surface area contributed by atoms with Crippen LogP contribution in [0.3, 0.4) is 0 Å². The minimum atomic E-state index is -4.12. The molecule has 0 aromatic carbocycles. The SMILES string of the molecule is NC(CCC(F)(F)F)Cc1ccco1. The summed E-state index contributed by atoms with van der Waals surface area (Å²) in [6.07, 6.45) is -3.20. The maximum atomic E-state index is 11.8. The fourth-order valence-corrected chi connectivity index (χ4v) is 1.14. The van der Waals surface area contributed by atoms with Crippen LogP contribution in [0.15, 0.2) is 22.8 Å². The van der Waals surface area contributed by atoms with Gasteiger partial charge in [0.05, 0.1) is 6.26 Å². The lowest BCUT2D eigenvalue weighted by Crippen LogP contribution is -2.25. The molecule has 14 heavy (non-hydrogen) atoms. The van der Waals surface area contributed by atoms with Crippen molar-refractivity contribution in [1.29, 1.82) is 0 Å². The van der Waals surface area contributed by atoms with Crippen molar-refractivity contribution in [3.63, 3.8) is 0 Å². The fraction of sp³-hybridized carbons (Fsp3) is 0.556. The van der Waals surface area contributed by atoms with Crippen LogP contribution in [0.25, 0.3) is 0 Å². The average Bonchev–Trinajstić information content (AvgIpc) is 2.52. The molecular formula is C9H12F3NO. The number of halogens is 3. The number of hydrogen-bond acceptors (Lipinski definition) is 2. The van der Waals surface area contributed by atoms with E-state index in [4.69, 9.17) is 10.2 Å². The monoisotopic (exact) mass is 207 g/mol. The van der Waals surface area contributed by atoms with Gasteiger partial charge in [-0.05, 0) is 18.6 Å². The Hall–Kier alpha value is -0.970. The van der Waals surface area contributed by atoms with Crippen molar-refractivity contribution >= 4 is 0 Å².